The van der Waals surface area contributed by atoms with E-state index in [1.807, 2.05) is 37.3 Å². The summed E-state index contributed by atoms with van der Waals surface area (Å²) in [6.07, 6.45) is 6.99. The van der Waals surface area contributed by atoms with Gasteiger partial charge in [0.1, 0.15) is 5.65 Å². The van der Waals surface area contributed by atoms with Gasteiger partial charge in [-0.3, -0.25) is 13.6 Å². The number of benzene rings is 1. The highest BCUT2D eigenvalue weighted by atomic mass is 32.2. The monoisotopic (exact) mass is 453 g/mol. The van der Waals surface area contributed by atoms with Crippen LogP contribution in [0.4, 0.5) is 5.95 Å². The topological polar surface area (TPSA) is 80.1 Å². The molecule has 1 aliphatic rings. The number of anilines is 1. The molecule has 1 N–H and O–H groups in total. The van der Waals surface area contributed by atoms with Crippen LogP contribution in [-0.2, 0) is 17.3 Å². The molecule has 0 radical (unpaired) electrons. The van der Waals surface area contributed by atoms with E-state index in [0.717, 1.165) is 29.8 Å². The Morgan fingerprint density at radius 1 is 1.22 bits per heavy atom. The molecule has 2 aromatic heterocycles. The predicted octanol–water partition coefficient (Wildman–Crippen LogP) is 3.36. The van der Waals surface area contributed by atoms with Crippen molar-refractivity contribution in [2.24, 2.45) is 5.92 Å². The molecule has 0 spiro atoms. The van der Waals surface area contributed by atoms with E-state index in [1.54, 1.807) is 17.0 Å². The number of aryl methyl sites for hydroxylation is 1. The summed E-state index contributed by atoms with van der Waals surface area (Å²) in [5.41, 5.74) is 1.86. The van der Waals surface area contributed by atoms with E-state index in [9.17, 15) is 9.00 Å². The molecule has 1 unspecified atom stereocenters. The minimum absolute atomic E-state index is 0.102. The zero-order chi connectivity index (χ0) is 22.7. The quantitative estimate of drug-likeness (QED) is 0.591. The van der Waals surface area contributed by atoms with E-state index in [0.29, 0.717) is 28.6 Å². The summed E-state index contributed by atoms with van der Waals surface area (Å²) in [6.45, 7) is 5.61. The smallest absolute Gasteiger partial charge is 0.260 e. The lowest BCUT2D eigenvalue weighted by atomic mass is 9.94. The van der Waals surface area contributed by atoms with Crippen LogP contribution in [0.3, 0.4) is 0 Å². The maximum Gasteiger partial charge on any atom is 0.260 e. The zero-order valence-electron chi connectivity index (χ0n) is 19.0. The highest BCUT2D eigenvalue weighted by molar-refractivity contribution is 7.84. The van der Waals surface area contributed by atoms with Gasteiger partial charge in [-0.15, -0.1) is 0 Å². The molecule has 0 bridgehead atoms. The number of aromatic nitrogens is 3. The van der Waals surface area contributed by atoms with E-state index < -0.39 is 10.8 Å². The van der Waals surface area contributed by atoms with E-state index in [4.69, 9.17) is 0 Å². The number of piperidine rings is 1. The van der Waals surface area contributed by atoms with Crippen molar-refractivity contribution in [2.75, 3.05) is 38.3 Å². The fourth-order valence-corrected chi connectivity index (χ4v) is 4.89. The second-order valence-electron chi connectivity index (χ2n) is 8.52. The minimum atomic E-state index is -1.11. The van der Waals surface area contributed by atoms with E-state index in [1.165, 1.54) is 25.9 Å². The normalized spacial score (nSPS) is 16.3. The maximum atomic E-state index is 13.3. The Labute approximate surface area is 191 Å². The predicted molar refractivity (Wildman–Crippen MR) is 131 cm³/mol. The molecule has 1 fully saturated rings. The second-order valence-corrected chi connectivity index (χ2v) is 9.90. The van der Waals surface area contributed by atoms with Crippen LogP contribution >= 0.6 is 0 Å². The van der Waals surface area contributed by atoms with Crippen molar-refractivity contribution in [2.45, 2.75) is 37.6 Å². The van der Waals surface area contributed by atoms with Crippen molar-refractivity contribution in [3.63, 3.8) is 0 Å². The molecule has 7 nitrogen and oxygen atoms in total. The van der Waals surface area contributed by atoms with E-state index in [-0.39, 0.29) is 5.56 Å². The lowest BCUT2D eigenvalue weighted by Crippen LogP contribution is -2.31. The minimum Gasteiger partial charge on any atom is -0.354 e. The van der Waals surface area contributed by atoms with Gasteiger partial charge in [-0.25, -0.2) is 4.98 Å². The van der Waals surface area contributed by atoms with Gasteiger partial charge in [0.2, 0.25) is 5.95 Å². The van der Waals surface area contributed by atoms with Crippen LogP contribution in [0.5, 0.6) is 0 Å². The van der Waals surface area contributed by atoms with Gasteiger partial charge in [0, 0.05) is 52.2 Å². The highest BCUT2D eigenvalue weighted by Crippen LogP contribution is 2.23. The number of nitrogens with one attached hydrogen (secondary N) is 1. The lowest BCUT2D eigenvalue weighted by molar-refractivity contribution is 0.215. The first-order valence-corrected chi connectivity index (χ1v) is 12.8. The molecule has 8 heteroatoms. The number of pyridine rings is 1. The number of hydrogen-bond acceptors (Lipinski definition) is 6. The van der Waals surface area contributed by atoms with Crippen molar-refractivity contribution >= 4 is 27.8 Å². The average Bonchev–Trinajstić information content (AvgIpc) is 2.80. The van der Waals surface area contributed by atoms with Gasteiger partial charge < -0.3 is 10.2 Å². The molecular weight excluding hydrogens is 422 g/mol. The third-order valence-electron chi connectivity index (χ3n) is 6.29. The van der Waals surface area contributed by atoms with Gasteiger partial charge in [0.05, 0.1) is 0 Å². The molecule has 32 heavy (non-hydrogen) atoms. The molecule has 0 amide bonds. The van der Waals surface area contributed by atoms with Gasteiger partial charge in [0.25, 0.3) is 5.56 Å². The van der Waals surface area contributed by atoms with Crippen LogP contribution in [0.25, 0.3) is 22.2 Å². The van der Waals surface area contributed by atoms with Gasteiger partial charge in [-0.2, -0.15) is 4.98 Å². The molecule has 0 aliphatic carbocycles. The van der Waals surface area contributed by atoms with Crippen molar-refractivity contribution in [1.82, 2.24) is 19.4 Å². The first-order valence-electron chi connectivity index (χ1n) is 11.2. The Hall–Kier alpha value is -2.58. The number of hydrogen-bond donors (Lipinski definition) is 1. The first kappa shape index (κ1) is 22.6. The molecule has 3 heterocycles. The Morgan fingerprint density at radius 2 is 2.00 bits per heavy atom. The Morgan fingerprint density at radius 3 is 2.72 bits per heavy atom. The highest BCUT2D eigenvalue weighted by Gasteiger charge is 2.17. The zero-order valence-corrected chi connectivity index (χ0v) is 19.8. The van der Waals surface area contributed by atoms with Crippen LogP contribution in [0.2, 0.25) is 0 Å². The number of likely N-dealkylation sites (tertiary alicyclic amines) is 1. The number of fused-ring (bicyclic) bond motifs is 1. The summed E-state index contributed by atoms with van der Waals surface area (Å²) < 4.78 is 13.6. The second kappa shape index (κ2) is 9.92. The molecule has 1 aromatic carbocycles. The number of rotatable bonds is 7. The third-order valence-corrected chi connectivity index (χ3v) is 7.21. The third kappa shape index (κ3) is 4.91. The van der Waals surface area contributed by atoms with Crippen molar-refractivity contribution < 1.29 is 4.21 Å². The Balaban J connectivity index is 1.58. The fourth-order valence-electron chi connectivity index (χ4n) is 4.33. The summed E-state index contributed by atoms with van der Waals surface area (Å²) in [4.78, 5) is 25.5. The summed E-state index contributed by atoms with van der Waals surface area (Å²) in [6, 6.07) is 9.17. The van der Waals surface area contributed by atoms with Crippen LogP contribution in [-0.4, -0.2) is 56.6 Å². The van der Waals surface area contributed by atoms with Crippen molar-refractivity contribution in [3.8, 4) is 11.1 Å². The van der Waals surface area contributed by atoms with Crippen LogP contribution in [0, 0.1) is 5.92 Å². The molecule has 1 atom stereocenters. The Kier molecular flexibility index (Phi) is 7.01. The summed E-state index contributed by atoms with van der Waals surface area (Å²) in [7, 11) is 1.07. The van der Waals surface area contributed by atoms with Crippen molar-refractivity contribution in [3.05, 3.63) is 46.9 Å². The average molecular weight is 454 g/mol. The van der Waals surface area contributed by atoms with Crippen molar-refractivity contribution in [1.29, 1.82) is 0 Å². The number of nitrogens with zero attached hydrogens (tertiary/aromatic N) is 4. The molecule has 3 aromatic rings. The first-order chi connectivity index (χ1) is 15.5. The Bertz CT molecular complexity index is 1180. The molecule has 170 valence electrons. The fraction of sp³-hybridized carbons (Fsp3) is 0.458. The van der Waals surface area contributed by atoms with Crippen LogP contribution in [0.1, 0.15) is 26.2 Å². The standard InChI is InChI=1S/C24H31N5O2S/c1-4-29-22-19(15-21(23(29)30)18-6-5-7-20(14-18)32(3)31)16-26-24(27-22)25-11-8-17-9-12-28(2)13-10-17/h5-7,14-17H,4,8-13H2,1-3H3,(H,25,26,27). The van der Waals surface area contributed by atoms with E-state index in [2.05, 4.69) is 27.2 Å². The van der Waals surface area contributed by atoms with Gasteiger partial charge in [0.15, 0.2) is 0 Å². The van der Waals surface area contributed by atoms with E-state index >= 15 is 0 Å². The molecule has 1 aliphatic heterocycles. The van der Waals surface area contributed by atoms with Crippen LogP contribution < -0.4 is 10.9 Å². The SMILES string of the molecule is CCn1c(=O)c(-c2cccc(S(C)=O)c2)cc2cnc(NCCC3CCN(C)CC3)nc21. The molecular formula is C24H31N5O2S. The summed E-state index contributed by atoms with van der Waals surface area (Å²) in [5, 5.41) is 4.16. The van der Waals surface area contributed by atoms with Gasteiger partial charge in [-0.1, -0.05) is 12.1 Å². The van der Waals surface area contributed by atoms with Crippen LogP contribution in [0.15, 0.2) is 46.2 Å². The van der Waals surface area contributed by atoms with Gasteiger partial charge >= 0.3 is 0 Å². The molecule has 1 saturated heterocycles. The molecule has 0 saturated carbocycles. The van der Waals surface area contributed by atoms with Gasteiger partial charge in [-0.05, 0) is 76.0 Å². The summed E-state index contributed by atoms with van der Waals surface area (Å²) in [5.74, 6) is 1.30. The molecule has 4 rings (SSSR count). The largest absolute Gasteiger partial charge is 0.354 e. The maximum absolute atomic E-state index is 13.3. The lowest BCUT2D eigenvalue weighted by Gasteiger charge is -2.28. The summed E-state index contributed by atoms with van der Waals surface area (Å²) >= 11 is 0.